The number of amides is 2. The van der Waals surface area contributed by atoms with E-state index in [1.807, 2.05) is 12.1 Å². The van der Waals surface area contributed by atoms with Crippen molar-refractivity contribution in [1.82, 2.24) is 10.6 Å². The Bertz CT molecular complexity index is 611. The van der Waals surface area contributed by atoms with Gasteiger partial charge in [0.2, 0.25) is 11.8 Å². The van der Waals surface area contributed by atoms with Crippen LogP contribution in [0.4, 0.5) is 0 Å². The summed E-state index contributed by atoms with van der Waals surface area (Å²) in [6.07, 6.45) is 4.44. The molecule has 0 radical (unpaired) electrons. The van der Waals surface area contributed by atoms with Gasteiger partial charge in [-0.15, -0.1) is 0 Å². The number of nitrogens with one attached hydrogen (secondary N) is 2. The van der Waals surface area contributed by atoms with Gasteiger partial charge in [-0.25, -0.2) is 0 Å². The lowest BCUT2D eigenvalue weighted by Crippen LogP contribution is -2.59. The standard InChI is InChI=1S/C21H32N2O3/c1-16(24)23-21(12-6-5-7-13-21)19(25)22-14-15-26-18-10-8-17(9-11-18)20(2,3)4/h8-11H,5-7,12-15H2,1-4H3,(H,22,25)(H,23,24). The molecular weight excluding hydrogens is 328 g/mol. The summed E-state index contributed by atoms with van der Waals surface area (Å²) >= 11 is 0. The van der Waals surface area contributed by atoms with E-state index in [1.54, 1.807) is 0 Å². The third-order valence-electron chi connectivity index (χ3n) is 4.93. The van der Waals surface area contributed by atoms with Crippen molar-refractivity contribution in [2.45, 2.75) is 70.8 Å². The lowest BCUT2D eigenvalue weighted by atomic mass is 9.80. The first kappa shape index (κ1) is 20.3. The lowest BCUT2D eigenvalue weighted by molar-refractivity contribution is -0.134. The summed E-state index contributed by atoms with van der Waals surface area (Å²) in [5.41, 5.74) is 0.621. The third-order valence-corrected chi connectivity index (χ3v) is 4.93. The van der Waals surface area contributed by atoms with Gasteiger partial charge in [0.25, 0.3) is 0 Å². The molecule has 2 rings (SSSR count). The highest BCUT2D eigenvalue weighted by atomic mass is 16.5. The molecule has 0 bridgehead atoms. The molecule has 0 aromatic heterocycles. The second-order valence-electron chi connectivity index (χ2n) is 8.20. The predicted octanol–water partition coefficient (Wildman–Crippen LogP) is 3.32. The Morgan fingerprint density at radius 2 is 1.69 bits per heavy atom. The molecular formula is C21H32N2O3. The monoisotopic (exact) mass is 360 g/mol. The molecule has 2 N–H and O–H groups in total. The van der Waals surface area contributed by atoms with Gasteiger partial charge in [-0.05, 0) is 36.0 Å². The van der Waals surface area contributed by atoms with Crippen LogP contribution in [0.3, 0.4) is 0 Å². The van der Waals surface area contributed by atoms with Crippen molar-refractivity contribution >= 4 is 11.8 Å². The first-order valence-corrected chi connectivity index (χ1v) is 9.53. The van der Waals surface area contributed by atoms with Crippen molar-refractivity contribution in [1.29, 1.82) is 0 Å². The SMILES string of the molecule is CC(=O)NC1(C(=O)NCCOc2ccc(C(C)(C)C)cc2)CCCCC1. The molecule has 1 fully saturated rings. The summed E-state index contributed by atoms with van der Waals surface area (Å²) < 4.78 is 5.72. The second kappa shape index (κ2) is 8.56. The van der Waals surface area contributed by atoms with E-state index in [1.165, 1.54) is 12.5 Å². The van der Waals surface area contributed by atoms with Crippen LogP contribution in [0, 0.1) is 0 Å². The van der Waals surface area contributed by atoms with Crippen LogP contribution in [0.5, 0.6) is 5.75 Å². The molecule has 1 aliphatic carbocycles. The van der Waals surface area contributed by atoms with Crippen molar-refractivity contribution in [3.8, 4) is 5.75 Å². The molecule has 26 heavy (non-hydrogen) atoms. The number of hydrogen-bond acceptors (Lipinski definition) is 3. The summed E-state index contributed by atoms with van der Waals surface area (Å²) in [7, 11) is 0. The molecule has 1 aliphatic rings. The highest BCUT2D eigenvalue weighted by Gasteiger charge is 2.39. The molecule has 1 aromatic carbocycles. The first-order valence-electron chi connectivity index (χ1n) is 9.53. The van der Waals surface area contributed by atoms with Crippen molar-refractivity contribution < 1.29 is 14.3 Å². The maximum Gasteiger partial charge on any atom is 0.245 e. The summed E-state index contributed by atoms with van der Waals surface area (Å²) in [6.45, 7) is 8.81. The predicted molar refractivity (Wildman–Crippen MR) is 103 cm³/mol. The highest BCUT2D eigenvalue weighted by Crippen LogP contribution is 2.28. The number of carbonyl (C=O) groups excluding carboxylic acids is 2. The number of benzene rings is 1. The molecule has 0 saturated heterocycles. The van der Waals surface area contributed by atoms with Gasteiger partial charge < -0.3 is 15.4 Å². The van der Waals surface area contributed by atoms with Gasteiger partial charge in [-0.1, -0.05) is 52.2 Å². The quantitative estimate of drug-likeness (QED) is 0.765. The van der Waals surface area contributed by atoms with Gasteiger partial charge in [-0.2, -0.15) is 0 Å². The van der Waals surface area contributed by atoms with Crippen LogP contribution < -0.4 is 15.4 Å². The van der Waals surface area contributed by atoms with Gasteiger partial charge in [0, 0.05) is 6.92 Å². The van der Waals surface area contributed by atoms with Crippen LogP contribution in [0.15, 0.2) is 24.3 Å². The molecule has 0 atom stereocenters. The van der Waals surface area contributed by atoms with E-state index in [2.05, 4.69) is 43.5 Å². The Kier molecular flexibility index (Phi) is 6.68. The maximum atomic E-state index is 12.6. The lowest BCUT2D eigenvalue weighted by Gasteiger charge is -2.36. The van der Waals surface area contributed by atoms with Crippen LogP contribution in [0.1, 0.15) is 65.4 Å². The Labute approximate surface area is 156 Å². The van der Waals surface area contributed by atoms with E-state index in [0.717, 1.165) is 25.0 Å². The largest absolute Gasteiger partial charge is 0.492 e. The summed E-state index contributed by atoms with van der Waals surface area (Å²) in [6, 6.07) is 8.06. The molecule has 0 spiro atoms. The van der Waals surface area contributed by atoms with Crippen LogP contribution >= 0.6 is 0 Å². The molecule has 5 heteroatoms. The molecule has 0 heterocycles. The van der Waals surface area contributed by atoms with Crippen molar-refractivity contribution in [3.63, 3.8) is 0 Å². The van der Waals surface area contributed by atoms with Crippen molar-refractivity contribution in [3.05, 3.63) is 29.8 Å². The Morgan fingerprint density at radius 3 is 2.23 bits per heavy atom. The minimum absolute atomic E-state index is 0.0981. The summed E-state index contributed by atoms with van der Waals surface area (Å²) in [5.74, 6) is 0.540. The van der Waals surface area contributed by atoms with Crippen LogP contribution in [0.25, 0.3) is 0 Å². The number of carbonyl (C=O) groups is 2. The fraction of sp³-hybridized carbons (Fsp3) is 0.619. The summed E-state index contributed by atoms with van der Waals surface area (Å²) in [5, 5.41) is 5.81. The number of ether oxygens (including phenoxy) is 1. The Balaban J connectivity index is 1.82. The molecule has 0 unspecified atom stereocenters. The number of hydrogen-bond donors (Lipinski definition) is 2. The molecule has 1 saturated carbocycles. The van der Waals surface area contributed by atoms with Gasteiger partial charge in [0.05, 0.1) is 6.54 Å². The number of rotatable bonds is 6. The molecule has 5 nitrogen and oxygen atoms in total. The minimum atomic E-state index is -0.752. The maximum absolute atomic E-state index is 12.6. The highest BCUT2D eigenvalue weighted by molar-refractivity contribution is 5.91. The second-order valence-corrected chi connectivity index (χ2v) is 8.20. The zero-order valence-electron chi connectivity index (χ0n) is 16.5. The average molecular weight is 360 g/mol. The van der Waals surface area contributed by atoms with E-state index in [-0.39, 0.29) is 17.2 Å². The topological polar surface area (TPSA) is 67.4 Å². The fourth-order valence-electron chi connectivity index (χ4n) is 3.45. The van der Waals surface area contributed by atoms with Crippen LogP contribution in [-0.4, -0.2) is 30.5 Å². The molecule has 0 aliphatic heterocycles. The Hall–Kier alpha value is -2.04. The van der Waals surface area contributed by atoms with E-state index in [0.29, 0.717) is 26.0 Å². The van der Waals surface area contributed by atoms with E-state index in [9.17, 15) is 9.59 Å². The van der Waals surface area contributed by atoms with Crippen LogP contribution in [0.2, 0.25) is 0 Å². The van der Waals surface area contributed by atoms with Gasteiger partial charge in [0.15, 0.2) is 0 Å². The van der Waals surface area contributed by atoms with Crippen LogP contribution in [-0.2, 0) is 15.0 Å². The summed E-state index contributed by atoms with van der Waals surface area (Å²) in [4.78, 5) is 24.2. The third kappa shape index (κ3) is 5.48. The zero-order chi connectivity index (χ0) is 19.2. The van der Waals surface area contributed by atoms with Gasteiger partial charge in [-0.3, -0.25) is 9.59 Å². The fourth-order valence-corrected chi connectivity index (χ4v) is 3.45. The molecule has 144 valence electrons. The van der Waals surface area contributed by atoms with Gasteiger partial charge in [0.1, 0.15) is 17.9 Å². The first-order chi connectivity index (χ1) is 12.2. The van der Waals surface area contributed by atoms with E-state index >= 15 is 0 Å². The average Bonchev–Trinajstić information content (AvgIpc) is 2.58. The zero-order valence-corrected chi connectivity index (χ0v) is 16.5. The molecule has 2 amide bonds. The van der Waals surface area contributed by atoms with Crippen molar-refractivity contribution in [2.75, 3.05) is 13.2 Å². The van der Waals surface area contributed by atoms with E-state index in [4.69, 9.17) is 4.74 Å². The smallest absolute Gasteiger partial charge is 0.245 e. The minimum Gasteiger partial charge on any atom is -0.492 e. The van der Waals surface area contributed by atoms with Crippen molar-refractivity contribution in [2.24, 2.45) is 0 Å². The van der Waals surface area contributed by atoms with E-state index < -0.39 is 5.54 Å². The molecule has 1 aromatic rings. The van der Waals surface area contributed by atoms with Gasteiger partial charge >= 0.3 is 0 Å². The normalized spacial score (nSPS) is 16.6. The Morgan fingerprint density at radius 1 is 1.08 bits per heavy atom.